The van der Waals surface area contributed by atoms with Gasteiger partial charge in [-0.1, -0.05) is 20.8 Å². The van der Waals surface area contributed by atoms with E-state index in [0.29, 0.717) is 4.47 Å². The fraction of sp³-hybridized carbons (Fsp3) is 0.474. The van der Waals surface area contributed by atoms with E-state index in [0.717, 1.165) is 0 Å². The molecule has 0 aliphatic heterocycles. The van der Waals surface area contributed by atoms with Gasteiger partial charge in [-0.2, -0.15) is 0 Å². The quantitative estimate of drug-likeness (QED) is 0.747. The molecule has 2 aromatic rings. The molecule has 9 heteroatoms. The lowest BCUT2D eigenvalue weighted by molar-refractivity contribution is -0.180. The number of halogens is 3. The number of pyridine rings is 1. The summed E-state index contributed by atoms with van der Waals surface area (Å²) in [4.78, 5) is 24.9. The zero-order valence-corrected chi connectivity index (χ0v) is 17.3. The number of nitrogens with two attached hydrogens (primary N) is 1. The molecule has 2 N–H and O–H groups in total. The van der Waals surface area contributed by atoms with Crippen molar-refractivity contribution in [3.8, 4) is 0 Å². The number of aromatic nitrogens is 3. The van der Waals surface area contributed by atoms with Crippen molar-refractivity contribution in [2.75, 3.05) is 0 Å². The number of hydrogen-bond donors (Lipinski definition) is 1. The molecule has 1 saturated carbocycles. The molecule has 0 bridgehead atoms. The van der Waals surface area contributed by atoms with Gasteiger partial charge in [0.1, 0.15) is 12.0 Å². The number of hydrogen-bond acceptors (Lipinski definition) is 5. The molecule has 0 aromatic carbocycles. The first kappa shape index (κ1) is 20.6. The molecule has 1 unspecified atom stereocenters. The van der Waals surface area contributed by atoms with Gasteiger partial charge in [-0.25, -0.2) is 23.5 Å². The van der Waals surface area contributed by atoms with Crippen LogP contribution in [0.25, 0.3) is 0 Å². The normalized spacial score (nSPS) is 24.1. The Morgan fingerprint density at radius 3 is 2.36 bits per heavy atom. The Morgan fingerprint density at radius 1 is 1.29 bits per heavy atom. The SMILES string of the molecule is CC(C)(C)C(OC(N)=O)(c1ncc(Br)cn1)C1(c2ncccc2F)CC(F)C1. The van der Waals surface area contributed by atoms with Gasteiger partial charge in [0.05, 0.1) is 15.6 Å². The predicted octanol–water partition coefficient (Wildman–Crippen LogP) is 4.18. The first-order valence-corrected chi connectivity index (χ1v) is 9.54. The molecule has 2 aromatic heterocycles. The summed E-state index contributed by atoms with van der Waals surface area (Å²) in [6.45, 7) is 5.36. The first-order chi connectivity index (χ1) is 13.0. The number of primary amides is 1. The van der Waals surface area contributed by atoms with Crippen LogP contribution in [0.5, 0.6) is 0 Å². The Hall–Kier alpha value is -2.16. The summed E-state index contributed by atoms with van der Waals surface area (Å²) < 4.78 is 35.5. The van der Waals surface area contributed by atoms with Gasteiger partial charge in [0.25, 0.3) is 0 Å². The van der Waals surface area contributed by atoms with Gasteiger partial charge < -0.3 is 10.5 Å². The topological polar surface area (TPSA) is 91.0 Å². The van der Waals surface area contributed by atoms with Crippen molar-refractivity contribution in [1.29, 1.82) is 0 Å². The Labute approximate surface area is 170 Å². The summed E-state index contributed by atoms with van der Waals surface area (Å²) in [6, 6.07) is 2.69. The minimum atomic E-state index is -1.65. The van der Waals surface area contributed by atoms with Gasteiger partial charge in [-0.05, 0) is 40.9 Å². The van der Waals surface area contributed by atoms with Crippen molar-refractivity contribution in [3.63, 3.8) is 0 Å². The fourth-order valence-electron chi connectivity index (χ4n) is 4.29. The van der Waals surface area contributed by atoms with E-state index in [1.807, 2.05) is 0 Å². The second-order valence-electron chi connectivity index (χ2n) is 8.00. The van der Waals surface area contributed by atoms with E-state index in [1.54, 1.807) is 20.8 Å². The predicted molar refractivity (Wildman–Crippen MR) is 102 cm³/mol. The highest BCUT2D eigenvalue weighted by molar-refractivity contribution is 9.10. The fourth-order valence-corrected chi connectivity index (χ4v) is 4.50. The number of rotatable bonds is 4. The Kier molecular flexibility index (Phi) is 5.16. The van der Waals surface area contributed by atoms with Crippen LogP contribution in [0.2, 0.25) is 0 Å². The summed E-state index contributed by atoms with van der Waals surface area (Å²) in [6.07, 6.45) is 1.89. The van der Waals surface area contributed by atoms with Crippen LogP contribution in [0.3, 0.4) is 0 Å². The molecule has 1 aliphatic carbocycles. The minimum absolute atomic E-state index is 0.00611. The van der Waals surface area contributed by atoms with Crippen molar-refractivity contribution in [3.05, 3.63) is 52.5 Å². The Morgan fingerprint density at radius 2 is 1.89 bits per heavy atom. The Balaban J connectivity index is 2.37. The molecule has 6 nitrogen and oxygen atoms in total. The summed E-state index contributed by atoms with van der Waals surface area (Å²) in [5, 5.41) is 0. The zero-order valence-electron chi connectivity index (χ0n) is 15.7. The monoisotopic (exact) mass is 454 g/mol. The molecule has 28 heavy (non-hydrogen) atoms. The summed E-state index contributed by atoms with van der Waals surface area (Å²) in [5.74, 6) is -0.507. The molecule has 0 radical (unpaired) electrons. The van der Waals surface area contributed by atoms with Crippen molar-refractivity contribution in [2.24, 2.45) is 11.1 Å². The Bertz CT molecular complexity index is 882. The van der Waals surface area contributed by atoms with E-state index in [1.165, 1.54) is 30.7 Å². The molecule has 0 saturated heterocycles. The van der Waals surface area contributed by atoms with Crippen molar-refractivity contribution >= 4 is 22.0 Å². The molecule has 2 heterocycles. The van der Waals surface area contributed by atoms with E-state index in [-0.39, 0.29) is 24.4 Å². The van der Waals surface area contributed by atoms with Crippen LogP contribution < -0.4 is 5.73 Å². The van der Waals surface area contributed by atoms with Gasteiger partial charge in [-0.3, -0.25) is 4.98 Å². The molecule has 3 rings (SSSR count). The van der Waals surface area contributed by atoms with E-state index >= 15 is 0 Å². The lowest BCUT2D eigenvalue weighted by Crippen LogP contribution is -2.66. The first-order valence-electron chi connectivity index (χ1n) is 8.75. The van der Waals surface area contributed by atoms with Crippen LogP contribution in [0, 0.1) is 11.2 Å². The zero-order chi connectivity index (χ0) is 20.7. The van der Waals surface area contributed by atoms with Gasteiger partial charge in [-0.15, -0.1) is 0 Å². The second kappa shape index (κ2) is 7.02. The van der Waals surface area contributed by atoms with Gasteiger partial charge >= 0.3 is 6.09 Å². The van der Waals surface area contributed by atoms with Crippen LogP contribution in [0.1, 0.15) is 45.1 Å². The highest BCUT2D eigenvalue weighted by atomic mass is 79.9. The lowest BCUT2D eigenvalue weighted by atomic mass is 9.49. The van der Waals surface area contributed by atoms with Crippen LogP contribution in [0.15, 0.2) is 35.2 Å². The maximum atomic E-state index is 14.9. The van der Waals surface area contributed by atoms with Gasteiger partial charge in [0, 0.05) is 24.0 Å². The minimum Gasteiger partial charge on any atom is -0.433 e. The third kappa shape index (κ3) is 3.05. The average Bonchev–Trinajstić information content (AvgIpc) is 2.57. The molecular formula is C19H21BrF2N4O2. The van der Waals surface area contributed by atoms with Crippen LogP contribution in [-0.4, -0.2) is 27.2 Å². The molecule has 150 valence electrons. The largest absolute Gasteiger partial charge is 0.433 e. The molecule has 1 amide bonds. The third-order valence-corrected chi connectivity index (χ3v) is 5.68. The van der Waals surface area contributed by atoms with E-state index in [4.69, 9.17) is 10.5 Å². The maximum absolute atomic E-state index is 14.9. The summed E-state index contributed by atoms with van der Waals surface area (Å²) in [5.41, 5.74) is 1.60. The average molecular weight is 455 g/mol. The van der Waals surface area contributed by atoms with Gasteiger partial charge in [0.2, 0.25) is 0 Å². The number of ether oxygens (including phenoxy) is 1. The van der Waals surface area contributed by atoms with Gasteiger partial charge in [0.15, 0.2) is 11.4 Å². The second-order valence-corrected chi connectivity index (χ2v) is 8.91. The smallest absolute Gasteiger partial charge is 0.405 e. The van der Waals surface area contributed by atoms with Crippen LogP contribution >= 0.6 is 15.9 Å². The van der Waals surface area contributed by atoms with E-state index in [2.05, 4.69) is 30.9 Å². The third-order valence-electron chi connectivity index (χ3n) is 5.27. The molecule has 1 atom stereocenters. The van der Waals surface area contributed by atoms with E-state index < -0.39 is 34.5 Å². The molecule has 1 aliphatic rings. The number of alkyl halides is 1. The maximum Gasteiger partial charge on any atom is 0.405 e. The van der Waals surface area contributed by atoms with Crippen molar-refractivity contribution in [1.82, 2.24) is 15.0 Å². The summed E-state index contributed by atoms with van der Waals surface area (Å²) in [7, 11) is 0. The number of carbonyl (C=O) groups excluding carboxylic acids is 1. The van der Waals surface area contributed by atoms with Crippen molar-refractivity contribution in [2.45, 2.75) is 50.8 Å². The molecular weight excluding hydrogens is 434 g/mol. The van der Waals surface area contributed by atoms with Crippen LogP contribution in [-0.2, 0) is 15.8 Å². The van der Waals surface area contributed by atoms with Crippen molar-refractivity contribution < 1.29 is 18.3 Å². The number of nitrogens with zero attached hydrogens (tertiary/aromatic N) is 3. The standard InChI is InChI=1S/C19H21BrF2N4O2/c1-17(2,3)19(28-16(23)27,15-25-9-11(20)10-26-15)18(7-12(21)8-18)14-13(22)5-4-6-24-14/h4-6,9-10,12H,7-8H2,1-3H3,(H2,23,27). The molecule has 0 spiro atoms. The van der Waals surface area contributed by atoms with E-state index in [9.17, 15) is 13.6 Å². The highest BCUT2D eigenvalue weighted by Gasteiger charge is 2.70. The number of carbonyl (C=O) groups is 1. The van der Waals surface area contributed by atoms with Crippen LogP contribution in [0.4, 0.5) is 13.6 Å². The lowest BCUT2D eigenvalue weighted by Gasteiger charge is -2.59. The molecule has 1 fully saturated rings. The summed E-state index contributed by atoms with van der Waals surface area (Å²) >= 11 is 3.27. The highest BCUT2D eigenvalue weighted by Crippen LogP contribution is 2.63. The number of amides is 1.